The standard InChI is InChI=1S/C14H13N3O2.C2HF3O2/c18-14(19)13-15-7-6-12(17-13)16-11-8-10(11)9-4-2-1-3-5-9;3-2(4,5)1(6)7/h1-7,10-11H,8H2,(H,18,19)(H,15,16,17);(H,6,7)/t10-,11+;/m1./s1. The summed E-state index contributed by atoms with van der Waals surface area (Å²) in [5.41, 5.74) is 1.30. The van der Waals surface area contributed by atoms with Crippen molar-refractivity contribution in [3.63, 3.8) is 0 Å². The van der Waals surface area contributed by atoms with Crippen molar-refractivity contribution in [2.24, 2.45) is 0 Å². The number of nitrogens with one attached hydrogen (secondary N) is 1. The fourth-order valence-electron chi connectivity index (χ4n) is 2.16. The molecule has 26 heavy (non-hydrogen) atoms. The number of anilines is 1. The maximum absolute atomic E-state index is 10.8. The smallest absolute Gasteiger partial charge is 0.475 e. The van der Waals surface area contributed by atoms with E-state index in [4.69, 9.17) is 15.0 Å². The number of rotatable bonds is 4. The number of hydrogen-bond acceptors (Lipinski definition) is 5. The monoisotopic (exact) mass is 369 g/mol. The number of alkyl halides is 3. The lowest BCUT2D eigenvalue weighted by molar-refractivity contribution is -0.192. The van der Waals surface area contributed by atoms with E-state index in [0.717, 1.165) is 6.42 Å². The minimum absolute atomic E-state index is 0.179. The summed E-state index contributed by atoms with van der Waals surface area (Å²) in [5, 5.41) is 19.2. The summed E-state index contributed by atoms with van der Waals surface area (Å²) in [6.45, 7) is 0. The largest absolute Gasteiger partial charge is 0.490 e. The number of nitrogens with zero attached hydrogens (tertiary/aromatic N) is 2. The van der Waals surface area contributed by atoms with Gasteiger partial charge in [-0.3, -0.25) is 0 Å². The lowest BCUT2D eigenvalue weighted by atomic mass is 10.1. The zero-order valence-corrected chi connectivity index (χ0v) is 13.1. The quantitative estimate of drug-likeness (QED) is 0.760. The van der Waals surface area contributed by atoms with Gasteiger partial charge in [0.25, 0.3) is 0 Å². The number of carbonyl (C=O) groups is 2. The Labute approximate surface area is 145 Å². The van der Waals surface area contributed by atoms with Crippen LogP contribution in [-0.2, 0) is 4.79 Å². The predicted molar refractivity (Wildman–Crippen MR) is 83.9 cm³/mol. The zero-order chi connectivity index (χ0) is 19.3. The van der Waals surface area contributed by atoms with Gasteiger partial charge in [-0.2, -0.15) is 13.2 Å². The molecule has 2 aromatic rings. The molecule has 3 N–H and O–H groups in total. The van der Waals surface area contributed by atoms with Gasteiger partial charge < -0.3 is 15.5 Å². The number of carboxylic acids is 2. The van der Waals surface area contributed by atoms with Crippen molar-refractivity contribution in [2.75, 3.05) is 5.32 Å². The molecule has 2 atom stereocenters. The summed E-state index contributed by atoms with van der Waals surface area (Å²) in [6, 6.07) is 12.3. The molecule has 7 nitrogen and oxygen atoms in total. The average molecular weight is 369 g/mol. The van der Waals surface area contributed by atoms with Crippen LogP contribution in [0.4, 0.5) is 19.0 Å². The molecule has 1 aromatic carbocycles. The van der Waals surface area contributed by atoms with Crippen LogP contribution in [-0.4, -0.2) is 44.3 Å². The number of halogens is 3. The summed E-state index contributed by atoms with van der Waals surface area (Å²) >= 11 is 0. The van der Waals surface area contributed by atoms with Crippen molar-refractivity contribution in [3.05, 3.63) is 54.0 Å². The van der Waals surface area contributed by atoms with Gasteiger partial charge in [0, 0.05) is 18.2 Å². The van der Waals surface area contributed by atoms with Crippen LogP contribution in [0, 0.1) is 0 Å². The second-order valence-corrected chi connectivity index (χ2v) is 5.38. The van der Waals surface area contributed by atoms with E-state index in [1.807, 2.05) is 18.2 Å². The van der Waals surface area contributed by atoms with Gasteiger partial charge in [0.1, 0.15) is 5.82 Å². The summed E-state index contributed by atoms with van der Waals surface area (Å²) in [4.78, 5) is 27.3. The number of aliphatic carboxylic acids is 1. The third-order valence-electron chi connectivity index (χ3n) is 3.44. The highest BCUT2D eigenvalue weighted by Gasteiger charge is 2.39. The molecule has 0 amide bonds. The van der Waals surface area contributed by atoms with Crippen LogP contribution >= 0.6 is 0 Å². The van der Waals surface area contributed by atoms with Crippen molar-refractivity contribution in [2.45, 2.75) is 24.6 Å². The summed E-state index contributed by atoms with van der Waals surface area (Å²) < 4.78 is 31.7. The van der Waals surface area contributed by atoms with Gasteiger partial charge in [-0.1, -0.05) is 30.3 Å². The molecule has 10 heteroatoms. The minimum Gasteiger partial charge on any atom is -0.475 e. The highest BCUT2D eigenvalue weighted by atomic mass is 19.4. The van der Waals surface area contributed by atoms with E-state index in [1.165, 1.54) is 11.8 Å². The molecular weight excluding hydrogens is 355 g/mol. The number of aromatic nitrogens is 2. The molecule has 1 heterocycles. The highest BCUT2D eigenvalue weighted by molar-refractivity contribution is 5.83. The number of carboxylic acid groups (broad SMARTS) is 2. The van der Waals surface area contributed by atoms with E-state index in [0.29, 0.717) is 17.8 Å². The van der Waals surface area contributed by atoms with Crippen LogP contribution in [0.25, 0.3) is 0 Å². The second-order valence-electron chi connectivity index (χ2n) is 5.38. The molecule has 0 saturated heterocycles. The lowest BCUT2D eigenvalue weighted by Gasteiger charge is -2.05. The first-order chi connectivity index (χ1) is 12.2. The molecule has 0 aliphatic heterocycles. The third kappa shape index (κ3) is 5.43. The molecule has 0 spiro atoms. The molecule has 1 saturated carbocycles. The van der Waals surface area contributed by atoms with Crippen molar-refractivity contribution < 1.29 is 33.0 Å². The maximum atomic E-state index is 10.8. The van der Waals surface area contributed by atoms with Crippen LogP contribution in [0.3, 0.4) is 0 Å². The highest BCUT2D eigenvalue weighted by Crippen LogP contribution is 2.42. The van der Waals surface area contributed by atoms with Crippen LogP contribution in [0.15, 0.2) is 42.6 Å². The van der Waals surface area contributed by atoms with Crippen molar-refractivity contribution in [1.29, 1.82) is 0 Å². The van der Waals surface area contributed by atoms with E-state index in [2.05, 4.69) is 27.4 Å². The SMILES string of the molecule is O=C(O)C(F)(F)F.O=C(O)c1nccc(N[C@H]2C[C@@H]2c2ccccc2)n1. The van der Waals surface area contributed by atoms with Crippen molar-refractivity contribution in [1.82, 2.24) is 9.97 Å². The fraction of sp³-hybridized carbons (Fsp3) is 0.250. The van der Waals surface area contributed by atoms with E-state index < -0.39 is 18.1 Å². The normalized spacial score (nSPS) is 18.3. The Morgan fingerprint density at radius 1 is 1.12 bits per heavy atom. The van der Waals surface area contributed by atoms with Gasteiger partial charge in [0.05, 0.1) is 0 Å². The molecule has 3 rings (SSSR count). The predicted octanol–water partition coefficient (Wildman–Crippen LogP) is 2.78. The van der Waals surface area contributed by atoms with Gasteiger partial charge in [0.2, 0.25) is 5.82 Å². The summed E-state index contributed by atoms with van der Waals surface area (Å²) in [6.07, 6.45) is -2.59. The Kier molecular flexibility index (Phi) is 5.75. The number of aromatic carboxylic acids is 1. The minimum atomic E-state index is -5.08. The average Bonchev–Trinajstić information content (AvgIpc) is 3.35. The second kappa shape index (κ2) is 7.81. The molecule has 1 fully saturated rings. The molecule has 0 unspecified atom stereocenters. The first-order valence-corrected chi connectivity index (χ1v) is 7.36. The van der Waals surface area contributed by atoms with Crippen LogP contribution in [0.2, 0.25) is 0 Å². The molecule has 1 aliphatic carbocycles. The maximum Gasteiger partial charge on any atom is 0.490 e. The Hall–Kier alpha value is -3.17. The van der Waals surface area contributed by atoms with Crippen LogP contribution in [0.5, 0.6) is 0 Å². The Balaban J connectivity index is 0.000000298. The Morgan fingerprint density at radius 3 is 2.27 bits per heavy atom. The molecule has 138 valence electrons. The number of benzene rings is 1. The van der Waals surface area contributed by atoms with Gasteiger partial charge in [0.15, 0.2) is 0 Å². The fourth-order valence-corrected chi connectivity index (χ4v) is 2.16. The van der Waals surface area contributed by atoms with E-state index in [9.17, 15) is 18.0 Å². The first-order valence-electron chi connectivity index (χ1n) is 7.36. The van der Waals surface area contributed by atoms with Gasteiger partial charge >= 0.3 is 18.1 Å². The van der Waals surface area contributed by atoms with Gasteiger partial charge in [-0.05, 0) is 18.1 Å². The third-order valence-corrected chi connectivity index (χ3v) is 3.44. The molecule has 0 radical (unpaired) electrons. The Morgan fingerprint density at radius 2 is 1.73 bits per heavy atom. The molecular formula is C16H14F3N3O4. The molecule has 0 bridgehead atoms. The van der Waals surface area contributed by atoms with Crippen molar-refractivity contribution >= 4 is 17.8 Å². The van der Waals surface area contributed by atoms with E-state index in [1.54, 1.807) is 6.07 Å². The molecule has 1 aliphatic rings. The molecule has 1 aromatic heterocycles. The lowest BCUT2D eigenvalue weighted by Crippen LogP contribution is -2.21. The number of hydrogen-bond donors (Lipinski definition) is 3. The Bertz CT molecular complexity index is 784. The van der Waals surface area contributed by atoms with Crippen LogP contribution in [0.1, 0.15) is 28.5 Å². The van der Waals surface area contributed by atoms with Crippen molar-refractivity contribution in [3.8, 4) is 0 Å². The topological polar surface area (TPSA) is 112 Å². The van der Waals surface area contributed by atoms with Gasteiger partial charge in [-0.15, -0.1) is 0 Å². The van der Waals surface area contributed by atoms with E-state index >= 15 is 0 Å². The van der Waals surface area contributed by atoms with Crippen LogP contribution < -0.4 is 5.32 Å². The van der Waals surface area contributed by atoms with Gasteiger partial charge in [-0.25, -0.2) is 19.6 Å². The summed E-state index contributed by atoms with van der Waals surface area (Å²) in [7, 11) is 0. The first kappa shape index (κ1) is 19.2. The summed E-state index contributed by atoms with van der Waals surface area (Å²) in [5.74, 6) is -3.01. The van der Waals surface area contributed by atoms with E-state index in [-0.39, 0.29) is 5.82 Å². The zero-order valence-electron chi connectivity index (χ0n) is 13.1.